The number of nitrogens with one attached hydrogen (secondary N) is 1. The van der Waals surface area contributed by atoms with Gasteiger partial charge >= 0.3 is 0 Å². The SMILES string of the molecule is Cc1cc2nc(NC[C@H](CO)Cc3ccc(F)cc3)c3ccccc3n2n1. The monoisotopic (exact) mass is 364 g/mol. The van der Waals surface area contributed by atoms with Crippen LogP contribution in [0, 0.1) is 18.7 Å². The summed E-state index contributed by atoms with van der Waals surface area (Å²) >= 11 is 0. The Morgan fingerprint density at radius 2 is 1.93 bits per heavy atom. The molecule has 5 nitrogen and oxygen atoms in total. The summed E-state index contributed by atoms with van der Waals surface area (Å²) in [6.07, 6.45) is 0.662. The van der Waals surface area contributed by atoms with Crippen LogP contribution >= 0.6 is 0 Å². The van der Waals surface area contributed by atoms with Gasteiger partial charge in [-0.05, 0) is 43.2 Å². The standard InChI is InChI=1S/C21H21FN4O/c1-14-10-20-24-21(18-4-2-3-5-19(18)26(20)25-14)23-12-16(13-27)11-15-6-8-17(22)9-7-15/h2-10,16,27H,11-13H2,1H3,(H,23,24)/t16-/m1/s1. The number of halogens is 1. The maximum atomic E-state index is 13.1. The predicted molar refractivity (Wildman–Crippen MR) is 104 cm³/mol. The van der Waals surface area contributed by atoms with Crippen molar-refractivity contribution in [3.05, 3.63) is 71.7 Å². The zero-order chi connectivity index (χ0) is 18.8. The van der Waals surface area contributed by atoms with E-state index in [1.54, 1.807) is 12.1 Å². The Balaban J connectivity index is 1.59. The lowest BCUT2D eigenvalue weighted by Crippen LogP contribution is -2.21. The molecule has 0 radical (unpaired) electrons. The molecule has 0 saturated carbocycles. The fourth-order valence-corrected chi connectivity index (χ4v) is 3.31. The van der Waals surface area contributed by atoms with E-state index in [1.165, 1.54) is 12.1 Å². The van der Waals surface area contributed by atoms with Gasteiger partial charge in [0.15, 0.2) is 5.65 Å². The molecule has 4 rings (SSSR count). The van der Waals surface area contributed by atoms with E-state index in [0.29, 0.717) is 13.0 Å². The summed E-state index contributed by atoms with van der Waals surface area (Å²) < 4.78 is 14.9. The molecule has 0 saturated heterocycles. The average Bonchev–Trinajstić information content (AvgIpc) is 3.07. The van der Waals surface area contributed by atoms with Gasteiger partial charge in [-0.3, -0.25) is 0 Å². The van der Waals surface area contributed by atoms with Gasteiger partial charge in [0, 0.05) is 30.5 Å². The van der Waals surface area contributed by atoms with E-state index < -0.39 is 0 Å². The maximum Gasteiger partial charge on any atom is 0.158 e. The molecule has 6 heteroatoms. The van der Waals surface area contributed by atoms with Crippen LogP contribution in [0.15, 0.2) is 54.6 Å². The molecular weight excluding hydrogens is 343 g/mol. The van der Waals surface area contributed by atoms with E-state index in [4.69, 9.17) is 4.98 Å². The number of anilines is 1. The van der Waals surface area contributed by atoms with Gasteiger partial charge in [0.05, 0.1) is 11.2 Å². The Morgan fingerprint density at radius 3 is 2.70 bits per heavy atom. The Labute approximate surface area is 156 Å². The topological polar surface area (TPSA) is 62.5 Å². The number of aliphatic hydroxyl groups excluding tert-OH is 1. The van der Waals surface area contributed by atoms with E-state index in [0.717, 1.165) is 33.6 Å². The van der Waals surface area contributed by atoms with Crippen LogP contribution in [0.25, 0.3) is 16.6 Å². The second kappa shape index (κ2) is 7.32. The molecule has 4 aromatic rings. The summed E-state index contributed by atoms with van der Waals surface area (Å²) in [7, 11) is 0. The molecule has 2 aromatic heterocycles. The molecule has 2 aromatic carbocycles. The molecule has 2 heterocycles. The Bertz CT molecular complexity index is 1070. The maximum absolute atomic E-state index is 13.1. The van der Waals surface area contributed by atoms with Crippen molar-refractivity contribution >= 4 is 22.4 Å². The van der Waals surface area contributed by atoms with Crippen molar-refractivity contribution in [2.24, 2.45) is 5.92 Å². The molecule has 0 amide bonds. The molecule has 138 valence electrons. The van der Waals surface area contributed by atoms with Gasteiger partial charge in [0.1, 0.15) is 11.6 Å². The summed E-state index contributed by atoms with van der Waals surface area (Å²) in [6.45, 7) is 2.55. The highest BCUT2D eigenvalue weighted by molar-refractivity contribution is 5.91. The quantitative estimate of drug-likeness (QED) is 0.549. The molecule has 0 aliphatic heterocycles. The number of hydrogen-bond donors (Lipinski definition) is 2. The third-order valence-electron chi connectivity index (χ3n) is 4.68. The Kier molecular flexibility index (Phi) is 4.73. The average molecular weight is 364 g/mol. The lowest BCUT2D eigenvalue weighted by Gasteiger charge is -2.17. The first-order valence-corrected chi connectivity index (χ1v) is 8.98. The van der Waals surface area contributed by atoms with Crippen molar-refractivity contribution in [2.45, 2.75) is 13.3 Å². The summed E-state index contributed by atoms with van der Waals surface area (Å²) in [5, 5.41) is 18.6. The van der Waals surface area contributed by atoms with Gasteiger partial charge in [0.25, 0.3) is 0 Å². The highest BCUT2D eigenvalue weighted by Crippen LogP contribution is 2.24. The zero-order valence-electron chi connectivity index (χ0n) is 15.1. The first-order chi connectivity index (χ1) is 13.1. The summed E-state index contributed by atoms with van der Waals surface area (Å²) in [5.74, 6) is 0.520. The molecule has 27 heavy (non-hydrogen) atoms. The van der Waals surface area contributed by atoms with Crippen LogP contribution in [0.3, 0.4) is 0 Å². The smallest absolute Gasteiger partial charge is 0.158 e. The van der Waals surface area contributed by atoms with Crippen molar-refractivity contribution in [1.29, 1.82) is 0 Å². The molecule has 0 unspecified atom stereocenters. The van der Waals surface area contributed by atoms with Gasteiger partial charge in [-0.15, -0.1) is 0 Å². The van der Waals surface area contributed by atoms with Gasteiger partial charge in [-0.1, -0.05) is 24.3 Å². The Morgan fingerprint density at radius 1 is 1.15 bits per heavy atom. The van der Waals surface area contributed by atoms with Crippen molar-refractivity contribution in [2.75, 3.05) is 18.5 Å². The number of fused-ring (bicyclic) bond motifs is 3. The molecule has 2 N–H and O–H groups in total. The molecule has 1 atom stereocenters. The number of aryl methyl sites for hydroxylation is 1. The minimum atomic E-state index is -0.252. The van der Waals surface area contributed by atoms with Crippen LogP contribution in [0.2, 0.25) is 0 Å². The minimum Gasteiger partial charge on any atom is -0.396 e. The molecule has 0 fully saturated rings. The van der Waals surface area contributed by atoms with Gasteiger partial charge < -0.3 is 10.4 Å². The van der Waals surface area contributed by atoms with Crippen LogP contribution in [0.5, 0.6) is 0 Å². The van der Waals surface area contributed by atoms with Crippen molar-refractivity contribution < 1.29 is 9.50 Å². The lowest BCUT2D eigenvalue weighted by molar-refractivity contribution is 0.232. The van der Waals surface area contributed by atoms with Crippen molar-refractivity contribution in [1.82, 2.24) is 14.6 Å². The highest BCUT2D eigenvalue weighted by atomic mass is 19.1. The van der Waals surface area contributed by atoms with E-state index in [2.05, 4.69) is 10.4 Å². The number of aromatic nitrogens is 3. The van der Waals surface area contributed by atoms with Crippen molar-refractivity contribution in [3.63, 3.8) is 0 Å². The largest absolute Gasteiger partial charge is 0.396 e. The molecule has 0 aliphatic rings. The molecule has 0 bridgehead atoms. The molecular formula is C21H21FN4O. The predicted octanol–water partition coefficient (Wildman–Crippen LogP) is 3.59. The van der Waals surface area contributed by atoms with Crippen LogP contribution < -0.4 is 5.32 Å². The van der Waals surface area contributed by atoms with E-state index in [1.807, 2.05) is 41.8 Å². The second-order valence-electron chi connectivity index (χ2n) is 6.79. The summed E-state index contributed by atoms with van der Waals surface area (Å²) in [6, 6.07) is 16.3. The third-order valence-corrected chi connectivity index (χ3v) is 4.68. The summed E-state index contributed by atoms with van der Waals surface area (Å²) in [5.41, 5.74) is 3.68. The normalized spacial score (nSPS) is 12.6. The number of nitrogens with zero attached hydrogens (tertiary/aromatic N) is 3. The van der Waals surface area contributed by atoms with Crippen LogP contribution in [-0.2, 0) is 6.42 Å². The van der Waals surface area contributed by atoms with Crippen molar-refractivity contribution in [3.8, 4) is 0 Å². The van der Waals surface area contributed by atoms with Gasteiger partial charge in [-0.2, -0.15) is 5.10 Å². The first kappa shape index (κ1) is 17.4. The second-order valence-corrected chi connectivity index (χ2v) is 6.79. The molecule has 0 spiro atoms. The number of aliphatic hydroxyl groups is 1. The van der Waals surface area contributed by atoms with E-state index in [-0.39, 0.29) is 18.3 Å². The third kappa shape index (κ3) is 3.61. The first-order valence-electron chi connectivity index (χ1n) is 8.98. The van der Waals surface area contributed by atoms with Crippen LogP contribution in [0.4, 0.5) is 10.2 Å². The van der Waals surface area contributed by atoms with E-state index in [9.17, 15) is 9.50 Å². The molecule has 0 aliphatic carbocycles. The highest BCUT2D eigenvalue weighted by Gasteiger charge is 2.13. The zero-order valence-corrected chi connectivity index (χ0v) is 15.1. The Hall–Kier alpha value is -2.99. The van der Waals surface area contributed by atoms with Gasteiger partial charge in [-0.25, -0.2) is 13.9 Å². The number of hydrogen-bond acceptors (Lipinski definition) is 4. The fraction of sp³-hybridized carbons (Fsp3) is 0.238. The number of benzene rings is 2. The fourth-order valence-electron chi connectivity index (χ4n) is 3.31. The number of para-hydroxylation sites is 1. The van der Waals surface area contributed by atoms with Crippen LogP contribution in [0.1, 0.15) is 11.3 Å². The van der Waals surface area contributed by atoms with E-state index >= 15 is 0 Å². The summed E-state index contributed by atoms with van der Waals surface area (Å²) in [4.78, 5) is 4.71. The number of rotatable bonds is 6. The van der Waals surface area contributed by atoms with Crippen LogP contribution in [-0.4, -0.2) is 32.9 Å². The minimum absolute atomic E-state index is 0.00102. The lowest BCUT2D eigenvalue weighted by atomic mass is 10.00. The van der Waals surface area contributed by atoms with Gasteiger partial charge in [0.2, 0.25) is 0 Å².